The Bertz CT molecular complexity index is 716. The summed E-state index contributed by atoms with van der Waals surface area (Å²) >= 11 is 3.43. The quantitative estimate of drug-likeness (QED) is 0.807. The number of nitrogens with one attached hydrogen (secondary N) is 1. The van der Waals surface area contributed by atoms with E-state index in [-0.39, 0.29) is 0 Å². The van der Waals surface area contributed by atoms with Crippen LogP contribution in [0, 0.1) is 0 Å². The third-order valence-electron chi connectivity index (χ3n) is 4.39. The summed E-state index contributed by atoms with van der Waals surface area (Å²) in [4.78, 5) is 16.2. The maximum absolute atomic E-state index is 5.46. The van der Waals surface area contributed by atoms with Gasteiger partial charge in [0, 0.05) is 18.7 Å². The lowest BCUT2D eigenvalue weighted by molar-refractivity contribution is 0.253. The predicted molar refractivity (Wildman–Crippen MR) is 98.5 cm³/mol. The van der Waals surface area contributed by atoms with Gasteiger partial charge in [0.1, 0.15) is 16.0 Å². The van der Waals surface area contributed by atoms with Crippen molar-refractivity contribution in [2.24, 2.45) is 0 Å². The van der Waals surface area contributed by atoms with Gasteiger partial charge in [-0.3, -0.25) is 0 Å². The van der Waals surface area contributed by atoms with Crippen molar-refractivity contribution in [1.29, 1.82) is 0 Å². The Labute approximate surface area is 150 Å². The zero-order chi connectivity index (χ0) is 17.1. The standard InChI is InChI=1S/C17H22BrN5O/c1-19-17-20-12(11-6-8-23(2)9-7-11)10-13(21-17)16-14(24-3)4-5-15(18)22-16/h4-5,10-11H,6-9H2,1-3H3,(H,19,20,21). The first-order valence-electron chi connectivity index (χ1n) is 8.07. The second-order valence-corrected chi connectivity index (χ2v) is 6.83. The van der Waals surface area contributed by atoms with Crippen LogP contribution in [0.25, 0.3) is 11.4 Å². The summed E-state index contributed by atoms with van der Waals surface area (Å²) in [5, 5.41) is 3.06. The molecule has 6 nitrogen and oxygen atoms in total. The average molecular weight is 392 g/mol. The normalized spacial score (nSPS) is 16.2. The van der Waals surface area contributed by atoms with E-state index >= 15 is 0 Å². The maximum atomic E-state index is 5.46. The van der Waals surface area contributed by atoms with Gasteiger partial charge in [-0.2, -0.15) is 0 Å². The maximum Gasteiger partial charge on any atom is 0.223 e. The van der Waals surface area contributed by atoms with Crippen LogP contribution in [-0.4, -0.2) is 54.1 Å². The second-order valence-electron chi connectivity index (χ2n) is 6.01. The van der Waals surface area contributed by atoms with E-state index in [1.807, 2.05) is 25.2 Å². The predicted octanol–water partition coefficient (Wildman–Crippen LogP) is 3.16. The summed E-state index contributed by atoms with van der Waals surface area (Å²) in [7, 11) is 5.65. The van der Waals surface area contributed by atoms with Gasteiger partial charge in [-0.05, 0) is 67.1 Å². The van der Waals surface area contributed by atoms with Crippen molar-refractivity contribution in [2.45, 2.75) is 18.8 Å². The molecule has 24 heavy (non-hydrogen) atoms. The fourth-order valence-electron chi connectivity index (χ4n) is 2.98. The Morgan fingerprint density at radius 1 is 1.21 bits per heavy atom. The zero-order valence-electron chi connectivity index (χ0n) is 14.2. The third kappa shape index (κ3) is 3.67. The Hall–Kier alpha value is -1.73. The SMILES string of the molecule is CNc1nc(-c2nc(Br)ccc2OC)cc(C2CCN(C)CC2)n1. The molecule has 7 heteroatoms. The second kappa shape index (κ2) is 7.44. The number of likely N-dealkylation sites (tertiary alicyclic amines) is 1. The highest BCUT2D eigenvalue weighted by molar-refractivity contribution is 9.10. The van der Waals surface area contributed by atoms with Crippen molar-refractivity contribution in [3.63, 3.8) is 0 Å². The third-order valence-corrected chi connectivity index (χ3v) is 4.83. The highest BCUT2D eigenvalue weighted by Gasteiger charge is 2.22. The minimum Gasteiger partial charge on any atom is -0.494 e. The van der Waals surface area contributed by atoms with Crippen LogP contribution < -0.4 is 10.1 Å². The number of nitrogens with zero attached hydrogens (tertiary/aromatic N) is 4. The van der Waals surface area contributed by atoms with Gasteiger partial charge in [-0.25, -0.2) is 15.0 Å². The van der Waals surface area contributed by atoms with Crippen molar-refractivity contribution in [2.75, 3.05) is 39.6 Å². The highest BCUT2D eigenvalue weighted by Crippen LogP contribution is 2.33. The number of halogens is 1. The molecule has 3 rings (SSSR count). The van der Waals surface area contributed by atoms with E-state index in [1.54, 1.807) is 7.11 Å². The number of hydrogen-bond donors (Lipinski definition) is 1. The number of piperidine rings is 1. The van der Waals surface area contributed by atoms with Gasteiger partial charge in [0.05, 0.1) is 12.8 Å². The summed E-state index contributed by atoms with van der Waals surface area (Å²) in [5.74, 6) is 1.77. The molecule has 0 saturated carbocycles. The van der Waals surface area contributed by atoms with Crippen molar-refractivity contribution >= 4 is 21.9 Å². The molecule has 1 fully saturated rings. The molecule has 1 aliphatic heterocycles. The number of pyridine rings is 1. The van der Waals surface area contributed by atoms with Crippen LogP contribution in [-0.2, 0) is 0 Å². The van der Waals surface area contributed by atoms with Gasteiger partial charge >= 0.3 is 0 Å². The lowest BCUT2D eigenvalue weighted by Crippen LogP contribution is -2.29. The topological polar surface area (TPSA) is 63.2 Å². The Kier molecular flexibility index (Phi) is 5.30. The van der Waals surface area contributed by atoms with Crippen LogP contribution in [0.3, 0.4) is 0 Å². The van der Waals surface area contributed by atoms with E-state index in [4.69, 9.17) is 4.74 Å². The Morgan fingerprint density at radius 2 is 1.96 bits per heavy atom. The number of hydrogen-bond acceptors (Lipinski definition) is 6. The zero-order valence-corrected chi connectivity index (χ0v) is 15.8. The summed E-state index contributed by atoms with van der Waals surface area (Å²) in [6.45, 7) is 2.19. The van der Waals surface area contributed by atoms with Crippen LogP contribution in [0.4, 0.5) is 5.95 Å². The molecule has 0 aliphatic carbocycles. The van der Waals surface area contributed by atoms with E-state index in [2.05, 4.69) is 48.1 Å². The number of rotatable bonds is 4. The molecular weight excluding hydrogens is 370 g/mol. The molecule has 2 aromatic heterocycles. The van der Waals surface area contributed by atoms with Crippen LogP contribution in [0.15, 0.2) is 22.8 Å². The Balaban J connectivity index is 2.02. The van der Waals surface area contributed by atoms with Crippen molar-refractivity contribution in [1.82, 2.24) is 19.9 Å². The summed E-state index contributed by atoms with van der Waals surface area (Å²) < 4.78 is 6.21. The monoisotopic (exact) mass is 391 g/mol. The van der Waals surface area contributed by atoms with Gasteiger partial charge in [-0.1, -0.05) is 0 Å². The van der Waals surface area contributed by atoms with E-state index in [1.165, 1.54) is 0 Å². The van der Waals surface area contributed by atoms with Gasteiger partial charge in [0.2, 0.25) is 5.95 Å². The number of anilines is 1. The van der Waals surface area contributed by atoms with E-state index in [0.717, 1.165) is 47.6 Å². The number of ether oxygens (including phenoxy) is 1. The molecule has 1 N–H and O–H groups in total. The summed E-state index contributed by atoms with van der Waals surface area (Å²) in [6, 6.07) is 5.80. The van der Waals surface area contributed by atoms with Crippen molar-refractivity contribution in [3.8, 4) is 17.1 Å². The molecular formula is C17H22BrN5O. The molecule has 0 unspecified atom stereocenters. The minimum atomic E-state index is 0.452. The van der Waals surface area contributed by atoms with Crippen molar-refractivity contribution < 1.29 is 4.74 Å². The average Bonchev–Trinajstić information content (AvgIpc) is 2.61. The number of methoxy groups -OCH3 is 1. The lowest BCUT2D eigenvalue weighted by atomic mass is 9.93. The van der Waals surface area contributed by atoms with Gasteiger partial charge < -0.3 is 15.0 Å². The largest absolute Gasteiger partial charge is 0.494 e. The minimum absolute atomic E-state index is 0.452. The molecule has 0 amide bonds. The molecule has 3 heterocycles. The van der Waals surface area contributed by atoms with Crippen molar-refractivity contribution in [3.05, 3.63) is 28.5 Å². The molecule has 2 aromatic rings. The number of aromatic nitrogens is 3. The molecule has 0 atom stereocenters. The summed E-state index contributed by atoms with van der Waals surface area (Å²) in [5.41, 5.74) is 2.57. The van der Waals surface area contributed by atoms with Crippen LogP contribution in [0.5, 0.6) is 5.75 Å². The molecule has 128 valence electrons. The Morgan fingerprint density at radius 3 is 2.62 bits per heavy atom. The van der Waals surface area contributed by atoms with Crippen LogP contribution >= 0.6 is 15.9 Å². The molecule has 1 saturated heterocycles. The first-order valence-corrected chi connectivity index (χ1v) is 8.86. The van der Waals surface area contributed by atoms with E-state index < -0.39 is 0 Å². The first kappa shape index (κ1) is 17.1. The van der Waals surface area contributed by atoms with Gasteiger partial charge in [0.25, 0.3) is 0 Å². The molecule has 0 radical (unpaired) electrons. The molecule has 0 aromatic carbocycles. The fourth-order valence-corrected chi connectivity index (χ4v) is 3.29. The highest BCUT2D eigenvalue weighted by atomic mass is 79.9. The molecule has 0 spiro atoms. The lowest BCUT2D eigenvalue weighted by Gasteiger charge is -2.28. The van der Waals surface area contributed by atoms with Crippen LogP contribution in [0.1, 0.15) is 24.5 Å². The molecule has 0 bridgehead atoms. The smallest absolute Gasteiger partial charge is 0.223 e. The first-order chi connectivity index (χ1) is 11.6. The van der Waals surface area contributed by atoms with Gasteiger partial charge in [0.15, 0.2) is 0 Å². The molecule has 1 aliphatic rings. The van der Waals surface area contributed by atoms with Gasteiger partial charge in [-0.15, -0.1) is 0 Å². The van der Waals surface area contributed by atoms with Crippen LogP contribution in [0.2, 0.25) is 0 Å². The summed E-state index contributed by atoms with van der Waals surface area (Å²) in [6.07, 6.45) is 2.22. The fraction of sp³-hybridized carbons (Fsp3) is 0.471. The van der Waals surface area contributed by atoms with E-state index in [0.29, 0.717) is 17.6 Å². The van der Waals surface area contributed by atoms with E-state index in [9.17, 15) is 0 Å².